The third kappa shape index (κ3) is 8.09. The topological polar surface area (TPSA) is 69.3 Å². The summed E-state index contributed by atoms with van der Waals surface area (Å²) < 4.78 is 12.8. The summed E-state index contributed by atoms with van der Waals surface area (Å²) in [6, 6.07) is 13.0. The van der Waals surface area contributed by atoms with Crippen LogP contribution in [0.2, 0.25) is 0 Å². The van der Waals surface area contributed by atoms with E-state index in [1.165, 1.54) is 0 Å². The molecular formula is C33H45N3O2S. The SMILES string of the molecule is CCCCCN1c2ccccc2Sc2c(OCCCCC(C)C)c(C#N)c(C#N)c(OCCCCC(C)C)c21. The zero-order valence-corrected chi connectivity index (χ0v) is 25.3. The Kier molecular flexibility index (Phi) is 12.3. The minimum atomic E-state index is 0.290. The number of hydrogen-bond donors (Lipinski definition) is 0. The van der Waals surface area contributed by atoms with Crippen molar-refractivity contribution in [2.45, 2.75) is 102 Å². The first kappa shape index (κ1) is 30.7. The highest BCUT2D eigenvalue weighted by molar-refractivity contribution is 7.99. The summed E-state index contributed by atoms with van der Waals surface area (Å²) in [4.78, 5) is 4.32. The third-order valence-corrected chi connectivity index (χ3v) is 8.18. The van der Waals surface area contributed by atoms with Crippen LogP contribution in [0.1, 0.15) is 104 Å². The van der Waals surface area contributed by atoms with Gasteiger partial charge in [0.1, 0.15) is 29.0 Å². The Morgan fingerprint density at radius 1 is 0.795 bits per heavy atom. The van der Waals surface area contributed by atoms with Crippen LogP contribution < -0.4 is 14.4 Å². The maximum Gasteiger partial charge on any atom is 0.163 e. The Labute approximate surface area is 240 Å². The van der Waals surface area contributed by atoms with E-state index in [4.69, 9.17) is 9.47 Å². The van der Waals surface area contributed by atoms with Crippen molar-refractivity contribution in [1.82, 2.24) is 0 Å². The summed E-state index contributed by atoms with van der Waals surface area (Å²) in [5.41, 5.74) is 2.58. The fourth-order valence-corrected chi connectivity index (χ4v) is 6.11. The number of nitriles is 2. The van der Waals surface area contributed by atoms with E-state index < -0.39 is 0 Å². The van der Waals surface area contributed by atoms with Crippen LogP contribution in [0.25, 0.3) is 0 Å². The van der Waals surface area contributed by atoms with E-state index >= 15 is 0 Å². The van der Waals surface area contributed by atoms with Crippen molar-refractivity contribution in [3.05, 3.63) is 35.4 Å². The molecule has 5 nitrogen and oxygen atoms in total. The minimum Gasteiger partial charge on any atom is -0.491 e. The largest absolute Gasteiger partial charge is 0.491 e. The third-order valence-electron chi connectivity index (χ3n) is 7.03. The second-order valence-electron chi connectivity index (χ2n) is 11.2. The molecule has 0 bridgehead atoms. The summed E-state index contributed by atoms with van der Waals surface area (Å²) >= 11 is 1.62. The van der Waals surface area contributed by atoms with Crippen molar-refractivity contribution < 1.29 is 9.47 Å². The van der Waals surface area contributed by atoms with E-state index in [-0.39, 0.29) is 11.1 Å². The van der Waals surface area contributed by atoms with Crippen molar-refractivity contribution in [2.75, 3.05) is 24.7 Å². The summed E-state index contributed by atoms with van der Waals surface area (Å²) in [7, 11) is 0. The lowest BCUT2D eigenvalue weighted by Gasteiger charge is -2.35. The average molecular weight is 548 g/mol. The van der Waals surface area contributed by atoms with Gasteiger partial charge in [-0.05, 0) is 56.1 Å². The van der Waals surface area contributed by atoms with Crippen LogP contribution in [0.3, 0.4) is 0 Å². The lowest BCUT2D eigenvalue weighted by Crippen LogP contribution is -2.24. The maximum atomic E-state index is 10.3. The highest BCUT2D eigenvalue weighted by atomic mass is 32.2. The van der Waals surface area contributed by atoms with E-state index in [1.807, 2.05) is 0 Å². The molecule has 0 aliphatic carbocycles. The van der Waals surface area contributed by atoms with Gasteiger partial charge in [0.05, 0.1) is 23.8 Å². The number of ether oxygens (including phenoxy) is 2. The first-order valence-corrected chi connectivity index (χ1v) is 15.6. The Balaban J connectivity index is 2.08. The Morgan fingerprint density at radius 2 is 1.38 bits per heavy atom. The molecule has 0 N–H and O–H groups in total. The summed E-state index contributed by atoms with van der Waals surface area (Å²) in [5.74, 6) is 2.36. The van der Waals surface area contributed by atoms with E-state index in [0.29, 0.717) is 36.5 Å². The van der Waals surface area contributed by atoms with Gasteiger partial charge in [0, 0.05) is 11.4 Å². The van der Waals surface area contributed by atoms with Crippen molar-refractivity contribution in [3.8, 4) is 23.6 Å². The molecule has 0 unspecified atom stereocenters. The molecule has 39 heavy (non-hydrogen) atoms. The molecule has 1 heterocycles. The Morgan fingerprint density at radius 3 is 1.97 bits per heavy atom. The number of nitrogens with zero attached hydrogens (tertiary/aromatic N) is 3. The standard InChI is InChI=1S/C33H45N3O2S/c1-6-7-12-19-36-28-17-8-9-18-29(28)39-33-30(36)31(37-20-13-10-15-24(2)3)26(22-34)27(23-35)32(33)38-21-14-11-16-25(4)5/h8-9,17-18,24-25H,6-7,10-16,19-21H2,1-5H3. The molecule has 3 rings (SSSR count). The molecular weight excluding hydrogens is 502 g/mol. The number of anilines is 2. The number of benzene rings is 2. The molecule has 1 aliphatic rings. The molecule has 0 saturated carbocycles. The number of rotatable bonds is 16. The Bertz CT molecular complexity index is 1160. The average Bonchev–Trinajstić information content (AvgIpc) is 2.92. The fourth-order valence-electron chi connectivity index (χ4n) is 4.91. The van der Waals surface area contributed by atoms with Gasteiger partial charge >= 0.3 is 0 Å². The van der Waals surface area contributed by atoms with Gasteiger partial charge in [0.25, 0.3) is 0 Å². The fraction of sp³-hybridized carbons (Fsp3) is 0.576. The van der Waals surface area contributed by atoms with E-state index in [2.05, 4.69) is 75.9 Å². The first-order chi connectivity index (χ1) is 18.9. The molecule has 0 aromatic heterocycles. The monoisotopic (exact) mass is 547 g/mol. The molecule has 2 aromatic rings. The Hall–Kier alpha value is -2.83. The molecule has 6 heteroatoms. The molecule has 0 spiro atoms. The summed E-state index contributed by atoms with van der Waals surface area (Å²) in [6.45, 7) is 13.0. The maximum absolute atomic E-state index is 10.3. The number of unbranched alkanes of at least 4 members (excludes halogenated alkanes) is 4. The van der Waals surface area contributed by atoms with Crippen molar-refractivity contribution in [2.24, 2.45) is 11.8 Å². The summed E-state index contributed by atoms with van der Waals surface area (Å²) in [5, 5.41) is 20.6. The predicted octanol–water partition coefficient (Wildman–Crippen LogP) is 9.63. The van der Waals surface area contributed by atoms with Crippen LogP contribution in [-0.4, -0.2) is 19.8 Å². The molecule has 0 saturated heterocycles. The van der Waals surface area contributed by atoms with Crippen LogP contribution in [0.5, 0.6) is 11.5 Å². The second kappa shape index (κ2) is 15.7. The first-order valence-electron chi connectivity index (χ1n) is 14.8. The second-order valence-corrected chi connectivity index (χ2v) is 12.3. The quantitative estimate of drug-likeness (QED) is 0.195. The van der Waals surface area contributed by atoms with Crippen molar-refractivity contribution in [3.63, 3.8) is 0 Å². The molecule has 0 fully saturated rings. The van der Waals surface area contributed by atoms with Gasteiger partial charge in [-0.2, -0.15) is 10.5 Å². The predicted molar refractivity (Wildman–Crippen MR) is 161 cm³/mol. The normalized spacial score (nSPS) is 12.2. The molecule has 210 valence electrons. The van der Waals surface area contributed by atoms with Gasteiger partial charge < -0.3 is 14.4 Å². The van der Waals surface area contributed by atoms with Gasteiger partial charge in [-0.15, -0.1) is 0 Å². The van der Waals surface area contributed by atoms with Crippen LogP contribution in [0.4, 0.5) is 11.4 Å². The van der Waals surface area contributed by atoms with Crippen molar-refractivity contribution >= 4 is 23.1 Å². The smallest absolute Gasteiger partial charge is 0.163 e. The van der Waals surface area contributed by atoms with Crippen LogP contribution >= 0.6 is 11.8 Å². The highest BCUT2D eigenvalue weighted by Crippen LogP contribution is 2.57. The summed E-state index contributed by atoms with van der Waals surface area (Å²) in [6.07, 6.45) is 9.52. The van der Waals surface area contributed by atoms with E-state index in [0.717, 1.165) is 85.5 Å². The van der Waals surface area contributed by atoms with E-state index in [9.17, 15) is 10.5 Å². The molecule has 2 aromatic carbocycles. The lowest BCUT2D eigenvalue weighted by molar-refractivity contribution is 0.287. The number of hydrogen-bond acceptors (Lipinski definition) is 6. The zero-order chi connectivity index (χ0) is 28.2. The van der Waals surface area contributed by atoms with Crippen LogP contribution in [0, 0.1) is 34.5 Å². The number of para-hydroxylation sites is 1. The van der Waals surface area contributed by atoms with Gasteiger partial charge in [0.15, 0.2) is 11.5 Å². The van der Waals surface area contributed by atoms with Gasteiger partial charge in [0.2, 0.25) is 0 Å². The highest BCUT2D eigenvalue weighted by Gasteiger charge is 2.34. The van der Waals surface area contributed by atoms with Gasteiger partial charge in [-0.1, -0.05) is 84.2 Å². The number of fused-ring (bicyclic) bond motifs is 2. The van der Waals surface area contributed by atoms with Crippen LogP contribution in [0.15, 0.2) is 34.1 Å². The molecule has 1 aliphatic heterocycles. The molecule has 0 atom stereocenters. The van der Waals surface area contributed by atoms with Gasteiger partial charge in [-0.25, -0.2) is 0 Å². The van der Waals surface area contributed by atoms with E-state index in [1.54, 1.807) is 11.8 Å². The lowest BCUT2D eigenvalue weighted by atomic mass is 10.0. The minimum absolute atomic E-state index is 0.290. The molecule has 0 radical (unpaired) electrons. The van der Waals surface area contributed by atoms with Crippen LogP contribution in [-0.2, 0) is 0 Å². The zero-order valence-electron chi connectivity index (χ0n) is 24.5. The molecule has 0 amide bonds. The van der Waals surface area contributed by atoms with Gasteiger partial charge in [-0.3, -0.25) is 0 Å². The van der Waals surface area contributed by atoms with Crippen molar-refractivity contribution in [1.29, 1.82) is 10.5 Å².